The van der Waals surface area contributed by atoms with Crippen LogP contribution < -0.4 is 0 Å². The van der Waals surface area contributed by atoms with Gasteiger partial charge in [0.15, 0.2) is 6.10 Å². The molecular weight excluding hydrogens is 997 g/mol. The van der Waals surface area contributed by atoms with Gasteiger partial charge in [-0.3, -0.25) is 14.4 Å². The summed E-state index contributed by atoms with van der Waals surface area (Å²) in [5, 5.41) is 0. The molecule has 0 aromatic heterocycles. The Morgan fingerprint density at radius 1 is 0.259 bits per heavy atom. The van der Waals surface area contributed by atoms with E-state index < -0.39 is 6.10 Å². The van der Waals surface area contributed by atoms with E-state index in [1.165, 1.54) is 225 Å². The first kappa shape index (κ1) is 77.6. The van der Waals surface area contributed by atoms with Crippen molar-refractivity contribution in [1.29, 1.82) is 0 Å². The van der Waals surface area contributed by atoms with Gasteiger partial charge in [-0.2, -0.15) is 0 Å². The lowest BCUT2D eigenvalue weighted by Crippen LogP contribution is -2.30. The van der Waals surface area contributed by atoms with E-state index >= 15 is 0 Å². The summed E-state index contributed by atoms with van der Waals surface area (Å²) in [4.78, 5) is 38.4. The number of allylic oxidation sites excluding steroid dienone is 14. The van der Waals surface area contributed by atoms with Crippen LogP contribution in [0.5, 0.6) is 0 Å². The third-order valence-corrected chi connectivity index (χ3v) is 15.4. The highest BCUT2D eigenvalue weighted by Gasteiger charge is 2.19. The smallest absolute Gasteiger partial charge is 0.306 e. The van der Waals surface area contributed by atoms with Gasteiger partial charge in [-0.1, -0.05) is 331 Å². The Labute approximate surface area is 503 Å². The Balaban J connectivity index is 4.37. The Hall–Kier alpha value is -3.41. The molecule has 0 amide bonds. The molecule has 0 radical (unpaired) electrons. The van der Waals surface area contributed by atoms with Gasteiger partial charge in [0.2, 0.25) is 0 Å². The normalized spacial score (nSPS) is 12.6. The molecule has 0 fully saturated rings. The molecule has 1 unspecified atom stereocenters. The molecule has 81 heavy (non-hydrogen) atoms. The average Bonchev–Trinajstić information content (AvgIpc) is 3.47. The molecule has 0 aromatic rings. The molecule has 0 aliphatic heterocycles. The molecule has 0 saturated carbocycles. The van der Waals surface area contributed by atoms with Gasteiger partial charge in [-0.05, 0) is 89.9 Å². The van der Waals surface area contributed by atoms with Crippen LogP contribution in [0.2, 0.25) is 0 Å². The summed E-state index contributed by atoms with van der Waals surface area (Å²) in [5.41, 5.74) is 0. The third-order valence-electron chi connectivity index (χ3n) is 15.4. The van der Waals surface area contributed by atoms with E-state index in [1.807, 2.05) is 0 Å². The quantitative estimate of drug-likeness (QED) is 0.0261. The third kappa shape index (κ3) is 67.3. The van der Waals surface area contributed by atoms with Gasteiger partial charge < -0.3 is 14.2 Å². The molecular formula is C75H132O6. The number of carbonyl (C=O) groups is 3. The van der Waals surface area contributed by atoms with Crippen molar-refractivity contribution in [1.82, 2.24) is 0 Å². The topological polar surface area (TPSA) is 78.9 Å². The highest BCUT2D eigenvalue weighted by Crippen LogP contribution is 2.18. The summed E-state index contributed by atoms with van der Waals surface area (Å²) in [7, 11) is 0. The lowest BCUT2D eigenvalue weighted by atomic mass is 10.0. The number of hydrogen-bond acceptors (Lipinski definition) is 6. The van der Waals surface area contributed by atoms with Crippen molar-refractivity contribution in [3.05, 3.63) is 85.1 Å². The Kier molecular flexibility index (Phi) is 66.2. The molecule has 0 rings (SSSR count). The zero-order valence-electron chi connectivity index (χ0n) is 53.8. The first-order chi connectivity index (χ1) is 40.0. The second-order valence-corrected chi connectivity index (χ2v) is 23.4. The highest BCUT2D eigenvalue weighted by atomic mass is 16.6. The first-order valence-corrected chi connectivity index (χ1v) is 35.1. The molecule has 0 bridgehead atoms. The van der Waals surface area contributed by atoms with Crippen molar-refractivity contribution in [3.8, 4) is 0 Å². The molecule has 0 N–H and O–H groups in total. The summed E-state index contributed by atoms with van der Waals surface area (Å²) in [6.07, 6.45) is 91.9. The van der Waals surface area contributed by atoms with Crippen LogP contribution in [0.4, 0.5) is 0 Å². The van der Waals surface area contributed by atoms with Crippen LogP contribution in [0.15, 0.2) is 85.1 Å². The minimum absolute atomic E-state index is 0.0913. The van der Waals surface area contributed by atoms with Gasteiger partial charge in [0.05, 0.1) is 0 Å². The number of hydrogen-bond donors (Lipinski definition) is 0. The lowest BCUT2D eigenvalue weighted by Gasteiger charge is -2.18. The van der Waals surface area contributed by atoms with Crippen LogP contribution in [-0.4, -0.2) is 37.2 Å². The van der Waals surface area contributed by atoms with Crippen LogP contribution in [0.25, 0.3) is 0 Å². The molecule has 6 heteroatoms. The zero-order chi connectivity index (χ0) is 58.5. The van der Waals surface area contributed by atoms with Gasteiger partial charge in [-0.25, -0.2) is 0 Å². The average molecular weight is 1130 g/mol. The van der Waals surface area contributed by atoms with E-state index in [4.69, 9.17) is 14.2 Å². The van der Waals surface area contributed by atoms with E-state index in [9.17, 15) is 14.4 Å². The molecule has 6 nitrogen and oxygen atoms in total. The van der Waals surface area contributed by atoms with Crippen molar-refractivity contribution in [2.75, 3.05) is 13.2 Å². The fraction of sp³-hybridized carbons (Fsp3) is 0.773. The largest absolute Gasteiger partial charge is 0.462 e. The molecule has 0 spiro atoms. The number of esters is 3. The van der Waals surface area contributed by atoms with Crippen molar-refractivity contribution < 1.29 is 28.6 Å². The molecule has 0 aromatic carbocycles. The van der Waals surface area contributed by atoms with E-state index in [1.54, 1.807) is 0 Å². The minimum atomic E-state index is -0.800. The monoisotopic (exact) mass is 1130 g/mol. The fourth-order valence-electron chi connectivity index (χ4n) is 10.2. The number of rotatable bonds is 64. The molecule has 0 aliphatic carbocycles. The summed E-state index contributed by atoms with van der Waals surface area (Å²) in [6, 6.07) is 0. The molecule has 0 heterocycles. The lowest BCUT2D eigenvalue weighted by molar-refractivity contribution is -0.167. The number of carbonyl (C=O) groups excluding carboxylic acids is 3. The van der Waals surface area contributed by atoms with E-state index in [0.717, 1.165) is 83.5 Å². The molecule has 0 aliphatic rings. The van der Waals surface area contributed by atoms with E-state index in [2.05, 4.69) is 106 Å². The van der Waals surface area contributed by atoms with Crippen molar-refractivity contribution in [3.63, 3.8) is 0 Å². The van der Waals surface area contributed by atoms with Crippen LogP contribution in [0.1, 0.15) is 355 Å². The molecule has 1 atom stereocenters. The molecule has 468 valence electrons. The summed E-state index contributed by atoms with van der Waals surface area (Å²) in [5.74, 6) is -0.933. The van der Waals surface area contributed by atoms with Gasteiger partial charge in [0.25, 0.3) is 0 Å². The molecule has 0 saturated heterocycles. The maximum absolute atomic E-state index is 13.0. The van der Waals surface area contributed by atoms with Gasteiger partial charge >= 0.3 is 17.9 Å². The highest BCUT2D eigenvalue weighted by molar-refractivity contribution is 5.71. The van der Waals surface area contributed by atoms with Crippen molar-refractivity contribution in [2.24, 2.45) is 0 Å². The first-order valence-electron chi connectivity index (χ1n) is 35.1. The Bertz CT molecular complexity index is 1530. The summed E-state index contributed by atoms with van der Waals surface area (Å²) < 4.78 is 16.9. The minimum Gasteiger partial charge on any atom is -0.462 e. The standard InChI is InChI=1S/C75H132O6/c1-4-7-10-13-16-19-22-25-28-31-33-35-36-37-38-40-41-44-47-50-53-56-59-62-65-68-74(77)80-71-72(70-79-73(76)67-64-61-58-55-52-49-46-43-30-27-24-21-18-15-12-9-6-3)81-75(78)69-66-63-60-57-54-51-48-45-42-39-34-32-29-26-23-20-17-14-11-8-5-2/h9,12,18,21-22,25,27,30-31,33,46,49,55,58,72H,4-8,10-11,13-17,19-20,23-24,26,28-29,32,34-45,47-48,50-54,56-57,59-71H2,1-3H3/b12-9-,21-18-,25-22-,30-27-,33-31-,49-46-,58-55-. The van der Waals surface area contributed by atoms with Crippen molar-refractivity contribution >= 4 is 17.9 Å². The fourth-order valence-corrected chi connectivity index (χ4v) is 10.2. The van der Waals surface area contributed by atoms with E-state index in [-0.39, 0.29) is 37.5 Å². The number of ether oxygens (including phenoxy) is 3. The summed E-state index contributed by atoms with van der Waals surface area (Å²) >= 11 is 0. The maximum Gasteiger partial charge on any atom is 0.306 e. The Morgan fingerprint density at radius 2 is 0.494 bits per heavy atom. The summed E-state index contributed by atoms with van der Waals surface area (Å²) in [6.45, 7) is 6.52. The SMILES string of the molecule is CC/C=C\C/C=C\C/C=C\C/C=C\C/C=C\CCCC(=O)OCC(COC(=O)CCCCCCCCCCCCCCC/C=C\C/C=C\CCCCCCC)OC(=O)CCCCCCCCCCCCCCCCCCCCCCC. The van der Waals surface area contributed by atoms with Crippen LogP contribution in [0, 0.1) is 0 Å². The van der Waals surface area contributed by atoms with Crippen LogP contribution in [0.3, 0.4) is 0 Å². The second-order valence-electron chi connectivity index (χ2n) is 23.4. The predicted molar refractivity (Wildman–Crippen MR) is 353 cm³/mol. The van der Waals surface area contributed by atoms with Gasteiger partial charge in [0, 0.05) is 19.3 Å². The maximum atomic E-state index is 13.0. The van der Waals surface area contributed by atoms with Gasteiger partial charge in [0.1, 0.15) is 13.2 Å². The Morgan fingerprint density at radius 3 is 0.802 bits per heavy atom. The second kappa shape index (κ2) is 69.1. The van der Waals surface area contributed by atoms with Crippen LogP contribution >= 0.6 is 0 Å². The zero-order valence-corrected chi connectivity index (χ0v) is 53.8. The van der Waals surface area contributed by atoms with Crippen molar-refractivity contribution in [2.45, 2.75) is 361 Å². The predicted octanol–water partition coefficient (Wildman–Crippen LogP) is 24.2. The van der Waals surface area contributed by atoms with E-state index in [0.29, 0.717) is 19.3 Å². The van der Waals surface area contributed by atoms with Crippen LogP contribution in [-0.2, 0) is 28.6 Å². The number of unbranched alkanes of at least 4 members (excludes halogenated alkanes) is 39. The van der Waals surface area contributed by atoms with Gasteiger partial charge in [-0.15, -0.1) is 0 Å².